The van der Waals surface area contributed by atoms with Crippen molar-refractivity contribution in [2.75, 3.05) is 0 Å². The highest BCUT2D eigenvalue weighted by Gasteiger charge is 2.29. The third-order valence-electron chi connectivity index (χ3n) is 3.81. The lowest BCUT2D eigenvalue weighted by Gasteiger charge is -2.01. The number of thioether (sulfide) groups is 1. The van der Waals surface area contributed by atoms with Gasteiger partial charge in [0.05, 0.1) is 5.69 Å². The smallest absolute Gasteiger partial charge is 0.191 e. The molecule has 0 N–H and O–H groups in total. The van der Waals surface area contributed by atoms with Crippen molar-refractivity contribution in [3.05, 3.63) is 41.6 Å². The maximum atomic E-state index is 4.64. The molecule has 0 bridgehead atoms. The molecule has 5 nitrogen and oxygen atoms in total. The number of hydrogen-bond acceptors (Lipinski definition) is 4. The molecule has 1 aliphatic rings. The van der Waals surface area contributed by atoms with Crippen LogP contribution in [-0.2, 0) is 12.8 Å². The summed E-state index contributed by atoms with van der Waals surface area (Å²) >= 11 is 1.70. The normalized spacial score (nSPS) is 15.0. The molecule has 4 rings (SSSR count). The molecule has 1 aliphatic carbocycles. The number of pyridine rings is 1. The van der Waals surface area contributed by atoms with Gasteiger partial charge in [-0.15, -0.1) is 10.2 Å². The van der Waals surface area contributed by atoms with Crippen molar-refractivity contribution in [3.8, 4) is 0 Å². The highest BCUT2D eigenvalue weighted by Crippen LogP contribution is 2.39. The minimum absolute atomic E-state index is 0.634. The zero-order valence-corrected chi connectivity index (χ0v) is 13.0. The molecule has 108 valence electrons. The molecule has 3 heterocycles. The van der Waals surface area contributed by atoms with Crippen LogP contribution in [0, 0.1) is 6.92 Å². The van der Waals surface area contributed by atoms with Crippen molar-refractivity contribution in [2.24, 2.45) is 7.05 Å². The van der Waals surface area contributed by atoms with E-state index in [0.29, 0.717) is 5.92 Å². The van der Waals surface area contributed by atoms with Crippen molar-refractivity contribution < 1.29 is 0 Å². The maximum Gasteiger partial charge on any atom is 0.191 e. The molecule has 0 radical (unpaired) electrons. The van der Waals surface area contributed by atoms with E-state index in [4.69, 9.17) is 0 Å². The topological polar surface area (TPSA) is 48.0 Å². The van der Waals surface area contributed by atoms with E-state index in [9.17, 15) is 0 Å². The van der Waals surface area contributed by atoms with Crippen molar-refractivity contribution in [1.82, 2.24) is 24.1 Å². The minimum atomic E-state index is 0.634. The Bertz CT molecular complexity index is 800. The molecule has 0 atom stereocenters. The molecule has 21 heavy (non-hydrogen) atoms. The first-order chi connectivity index (χ1) is 10.2. The number of fused-ring (bicyclic) bond motifs is 1. The van der Waals surface area contributed by atoms with Crippen LogP contribution in [0.2, 0.25) is 0 Å². The largest absolute Gasteiger partial charge is 0.309 e. The first-order valence-corrected chi connectivity index (χ1v) is 8.15. The fraction of sp³-hybridized carbons (Fsp3) is 0.400. The third kappa shape index (κ3) is 2.44. The quantitative estimate of drug-likeness (QED) is 0.695. The van der Waals surface area contributed by atoms with Gasteiger partial charge in [-0.2, -0.15) is 0 Å². The lowest BCUT2D eigenvalue weighted by atomic mass is 10.3. The Morgan fingerprint density at radius 2 is 2.10 bits per heavy atom. The molecule has 0 saturated heterocycles. The van der Waals surface area contributed by atoms with Gasteiger partial charge >= 0.3 is 0 Å². The standard InChI is InChI=1S/C15H17N5S/c1-10-3-6-13-16-12(8-20(13)7-10)9-21-15-18-17-14(19(15)2)11-4-5-11/h3,6-8,11H,4-5,9H2,1-2H3. The molecule has 0 aliphatic heterocycles. The third-order valence-corrected chi connectivity index (χ3v) is 4.86. The van der Waals surface area contributed by atoms with E-state index in [1.165, 1.54) is 18.4 Å². The van der Waals surface area contributed by atoms with Crippen LogP contribution in [0.4, 0.5) is 0 Å². The summed E-state index contributed by atoms with van der Waals surface area (Å²) in [5.41, 5.74) is 3.30. The molecule has 0 amide bonds. The maximum absolute atomic E-state index is 4.64. The predicted octanol–water partition coefficient (Wildman–Crippen LogP) is 2.94. The Hall–Kier alpha value is -1.82. The fourth-order valence-corrected chi connectivity index (χ4v) is 3.31. The van der Waals surface area contributed by atoms with Gasteiger partial charge in [0.25, 0.3) is 0 Å². The second-order valence-electron chi connectivity index (χ2n) is 5.67. The molecular weight excluding hydrogens is 282 g/mol. The van der Waals surface area contributed by atoms with Crippen LogP contribution in [0.5, 0.6) is 0 Å². The van der Waals surface area contributed by atoms with Gasteiger partial charge in [0.1, 0.15) is 11.5 Å². The van der Waals surface area contributed by atoms with Crippen molar-refractivity contribution in [3.63, 3.8) is 0 Å². The summed E-state index contributed by atoms with van der Waals surface area (Å²) in [6, 6.07) is 4.14. The number of rotatable bonds is 4. The minimum Gasteiger partial charge on any atom is -0.309 e. The van der Waals surface area contributed by atoms with Crippen LogP contribution in [0.25, 0.3) is 5.65 Å². The number of nitrogens with zero attached hydrogens (tertiary/aromatic N) is 5. The number of imidazole rings is 1. The summed E-state index contributed by atoms with van der Waals surface area (Å²) in [5.74, 6) is 2.58. The molecule has 1 saturated carbocycles. The summed E-state index contributed by atoms with van der Waals surface area (Å²) in [5, 5.41) is 9.59. The Labute approximate surface area is 127 Å². The summed E-state index contributed by atoms with van der Waals surface area (Å²) in [7, 11) is 2.06. The molecule has 0 aromatic carbocycles. The summed E-state index contributed by atoms with van der Waals surface area (Å²) in [4.78, 5) is 4.64. The second kappa shape index (κ2) is 4.87. The molecule has 1 fully saturated rings. The molecule has 0 spiro atoms. The second-order valence-corrected chi connectivity index (χ2v) is 6.61. The highest BCUT2D eigenvalue weighted by atomic mass is 32.2. The first-order valence-electron chi connectivity index (χ1n) is 7.17. The molecule has 0 unspecified atom stereocenters. The molecule has 6 heteroatoms. The van der Waals surface area contributed by atoms with Gasteiger partial charge in [0.15, 0.2) is 5.16 Å². The monoisotopic (exact) mass is 299 g/mol. The van der Waals surface area contributed by atoms with E-state index in [1.54, 1.807) is 11.8 Å². The van der Waals surface area contributed by atoms with E-state index < -0.39 is 0 Å². The van der Waals surface area contributed by atoms with E-state index in [-0.39, 0.29) is 0 Å². The summed E-state index contributed by atoms with van der Waals surface area (Å²) < 4.78 is 4.21. The number of aryl methyl sites for hydroxylation is 1. The lowest BCUT2D eigenvalue weighted by Crippen LogP contribution is -1.97. The average Bonchev–Trinajstić information content (AvgIpc) is 3.12. The molecular formula is C15H17N5S. The zero-order valence-electron chi connectivity index (χ0n) is 12.2. The van der Waals surface area contributed by atoms with E-state index >= 15 is 0 Å². The van der Waals surface area contributed by atoms with Crippen molar-refractivity contribution >= 4 is 17.4 Å². The van der Waals surface area contributed by atoms with Gasteiger partial charge < -0.3 is 8.97 Å². The lowest BCUT2D eigenvalue weighted by molar-refractivity contribution is 0.736. The van der Waals surface area contributed by atoms with Crippen molar-refractivity contribution in [1.29, 1.82) is 0 Å². The number of aromatic nitrogens is 5. The van der Waals surface area contributed by atoms with Crippen molar-refractivity contribution in [2.45, 2.75) is 36.6 Å². The van der Waals surface area contributed by atoms with E-state index in [0.717, 1.165) is 28.1 Å². The van der Waals surface area contributed by atoms with Gasteiger partial charge in [-0.25, -0.2) is 4.98 Å². The Kier molecular flexibility index (Phi) is 2.99. The summed E-state index contributed by atoms with van der Waals surface area (Å²) in [6.07, 6.45) is 6.70. The predicted molar refractivity (Wildman–Crippen MR) is 82.5 cm³/mol. The summed E-state index contributed by atoms with van der Waals surface area (Å²) in [6.45, 7) is 2.09. The van der Waals surface area contributed by atoms with Gasteiger partial charge in [-0.05, 0) is 31.4 Å². The van der Waals surface area contributed by atoms with Crippen LogP contribution in [0.1, 0.15) is 35.8 Å². The Morgan fingerprint density at radius 3 is 2.90 bits per heavy atom. The van der Waals surface area contributed by atoms with Crippen LogP contribution in [0.15, 0.2) is 29.7 Å². The van der Waals surface area contributed by atoms with Gasteiger partial charge in [0.2, 0.25) is 0 Å². The zero-order chi connectivity index (χ0) is 14.4. The van der Waals surface area contributed by atoms with E-state index in [1.807, 2.05) is 0 Å². The number of hydrogen-bond donors (Lipinski definition) is 0. The first kappa shape index (κ1) is 12.9. The van der Waals surface area contributed by atoms with Crippen LogP contribution >= 0.6 is 11.8 Å². The highest BCUT2D eigenvalue weighted by molar-refractivity contribution is 7.98. The molecule has 3 aromatic rings. The van der Waals surface area contributed by atoms with Crippen LogP contribution in [0.3, 0.4) is 0 Å². The van der Waals surface area contributed by atoms with Crippen LogP contribution < -0.4 is 0 Å². The average molecular weight is 299 g/mol. The van der Waals surface area contributed by atoms with E-state index in [2.05, 4.69) is 62.6 Å². The van der Waals surface area contributed by atoms with Gasteiger partial charge in [-0.3, -0.25) is 0 Å². The van der Waals surface area contributed by atoms with Crippen LogP contribution in [-0.4, -0.2) is 24.1 Å². The SMILES string of the molecule is Cc1ccc2nc(CSc3nnc(C4CC4)n3C)cn2c1. The Balaban J connectivity index is 1.52. The van der Waals surface area contributed by atoms with Gasteiger partial charge in [-0.1, -0.05) is 17.8 Å². The Morgan fingerprint density at radius 1 is 1.24 bits per heavy atom. The van der Waals surface area contributed by atoms with Gasteiger partial charge in [0, 0.05) is 31.1 Å². The fourth-order valence-electron chi connectivity index (χ4n) is 2.51. The molecule has 3 aromatic heterocycles.